The van der Waals surface area contributed by atoms with Gasteiger partial charge in [-0.25, -0.2) is 28.1 Å². The van der Waals surface area contributed by atoms with E-state index in [-0.39, 0.29) is 60.5 Å². The van der Waals surface area contributed by atoms with E-state index < -0.39 is 20.2 Å². The van der Waals surface area contributed by atoms with E-state index in [0.29, 0.717) is 30.0 Å². The smallest absolute Gasteiger partial charge is 0.281 e. The zero-order valence-electron chi connectivity index (χ0n) is 22.9. The fourth-order valence-electron chi connectivity index (χ4n) is 4.87. The Bertz CT molecular complexity index is 1710. The molecule has 5 rings (SSSR count). The van der Waals surface area contributed by atoms with Gasteiger partial charge in [0.1, 0.15) is 16.2 Å². The van der Waals surface area contributed by atoms with Gasteiger partial charge in [-0.1, -0.05) is 13.0 Å². The van der Waals surface area contributed by atoms with Crippen LogP contribution in [0.25, 0.3) is 28.2 Å². The van der Waals surface area contributed by atoms with Gasteiger partial charge >= 0.3 is 0 Å². The topological polar surface area (TPSA) is 148 Å². The molecule has 14 heteroatoms. The molecule has 4 aromatic rings. The number of fused-ring (bicyclic) bond motifs is 1. The number of nitrogens with zero attached hydrogens (tertiary/aromatic N) is 8. The highest BCUT2D eigenvalue weighted by Crippen LogP contribution is 2.31. The molecule has 40 heavy (non-hydrogen) atoms. The molecule has 13 nitrogen and oxygen atoms in total. The highest BCUT2D eigenvalue weighted by molar-refractivity contribution is 7.89. The molecule has 212 valence electrons. The number of ether oxygens (including phenoxy) is 1. The molecule has 1 aliphatic rings. The molecule has 0 aliphatic carbocycles. The SMILES string of the molecule is CCOc1ncc(S(=O)(=O)N2CC[N+]([O-])(CC)CC2)cc1-c1nc2c(CC)n(-c3ccccn3)nc2c(=O)n1C. The van der Waals surface area contributed by atoms with Crippen molar-refractivity contribution in [2.75, 3.05) is 39.3 Å². The zero-order valence-corrected chi connectivity index (χ0v) is 23.8. The average molecular weight is 569 g/mol. The van der Waals surface area contributed by atoms with Gasteiger partial charge in [0.25, 0.3) is 5.56 Å². The summed E-state index contributed by atoms with van der Waals surface area (Å²) in [4.78, 5) is 27.0. The van der Waals surface area contributed by atoms with Crippen LogP contribution in [0.2, 0.25) is 0 Å². The van der Waals surface area contributed by atoms with E-state index in [1.807, 2.05) is 13.0 Å². The lowest BCUT2D eigenvalue weighted by Gasteiger charge is -2.47. The predicted molar refractivity (Wildman–Crippen MR) is 148 cm³/mol. The monoisotopic (exact) mass is 568 g/mol. The standard InChI is InChI=1S/C26H32N8O5S/c1-5-20-22-23(30-33(20)21-10-8-9-11-27-21)26(35)31(4)24(29-22)19-16-18(17-28-25(19)39-7-3)40(37,38)32-12-14-34(36,6-2)15-13-32/h8-11,16-17H,5-7,12-15H2,1-4H3. The number of quaternary nitrogens is 1. The van der Waals surface area contributed by atoms with Crippen LogP contribution in [0.3, 0.4) is 0 Å². The van der Waals surface area contributed by atoms with Gasteiger partial charge in [-0.15, -0.1) is 0 Å². The van der Waals surface area contributed by atoms with E-state index >= 15 is 0 Å². The summed E-state index contributed by atoms with van der Waals surface area (Å²) in [7, 11) is -2.42. The number of likely N-dealkylation sites (N-methyl/N-ethyl adjacent to an activating group) is 1. The summed E-state index contributed by atoms with van der Waals surface area (Å²) in [6.45, 7) is 6.76. The first-order chi connectivity index (χ1) is 19.1. The van der Waals surface area contributed by atoms with Crippen molar-refractivity contribution in [3.63, 3.8) is 0 Å². The summed E-state index contributed by atoms with van der Waals surface area (Å²) >= 11 is 0. The normalized spacial score (nSPS) is 15.9. The van der Waals surface area contributed by atoms with Crippen molar-refractivity contribution in [3.05, 3.63) is 57.9 Å². The Kier molecular flexibility index (Phi) is 7.44. The number of piperazine rings is 1. The molecule has 0 saturated carbocycles. The summed E-state index contributed by atoms with van der Waals surface area (Å²) < 4.78 is 36.7. The molecule has 1 aliphatic heterocycles. The van der Waals surface area contributed by atoms with Gasteiger partial charge in [0.05, 0.1) is 56.8 Å². The number of hydrogen-bond acceptors (Lipinski definition) is 9. The van der Waals surface area contributed by atoms with Crippen LogP contribution in [0.15, 0.2) is 46.3 Å². The lowest BCUT2D eigenvalue weighted by atomic mass is 10.2. The number of pyridine rings is 2. The molecule has 5 heterocycles. The third-order valence-corrected chi connectivity index (χ3v) is 9.14. The summed E-state index contributed by atoms with van der Waals surface area (Å²) in [6, 6.07) is 6.85. The van der Waals surface area contributed by atoms with Gasteiger partial charge < -0.3 is 14.6 Å². The van der Waals surface area contributed by atoms with E-state index in [1.165, 1.54) is 21.1 Å². The van der Waals surface area contributed by atoms with E-state index in [4.69, 9.17) is 9.72 Å². The summed E-state index contributed by atoms with van der Waals surface area (Å²) in [5.41, 5.74) is 1.11. The summed E-state index contributed by atoms with van der Waals surface area (Å²) in [6.07, 6.45) is 3.40. The third kappa shape index (κ3) is 4.76. The Morgan fingerprint density at radius 2 is 1.85 bits per heavy atom. The number of sulfonamides is 1. The fraction of sp³-hybridized carbons (Fsp3) is 0.423. The number of hydroxylamine groups is 3. The Morgan fingerprint density at radius 3 is 2.48 bits per heavy atom. The molecule has 0 N–H and O–H groups in total. The van der Waals surface area contributed by atoms with Crippen LogP contribution in [0.1, 0.15) is 26.5 Å². The van der Waals surface area contributed by atoms with Crippen LogP contribution in [0.5, 0.6) is 5.88 Å². The van der Waals surface area contributed by atoms with Crippen molar-refractivity contribution in [3.8, 4) is 23.1 Å². The van der Waals surface area contributed by atoms with E-state index in [0.717, 1.165) is 0 Å². The average Bonchev–Trinajstić information content (AvgIpc) is 3.35. The fourth-order valence-corrected chi connectivity index (χ4v) is 6.27. The van der Waals surface area contributed by atoms with Crippen molar-refractivity contribution in [2.45, 2.75) is 32.1 Å². The summed E-state index contributed by atoms with van der Waals surface area (Å²) in [5.74, 6) is 0.898. The van der Waals surface area contributed by atoms with Crippen LogP contribution in [-0.2, 0) is 23.5 Å². The molecule has 0 amide bonds. The third-order valence-electron chi connectivity index (χ3n) is 7.27. The molecule has 1 fully saturated rings. The van der Waals surface area contributed by atoms with Gasteiger partial charge in [0, 0.05) is 13.2 Å². The maximum atomic E-state index is 13.6. The van der Waals surface area contributed by atoms with Gasteiger partial charge in [0.15, 0.2) is 11.3 Å². The largest absolute Gasteiger partial charge is 0.633 e. The highest BCUT2D eigenvalue weighted by atomic mass is 32.2. The van der Waals surface area contributed by atoms with Gasteiger partial charge in [-0.3, -0.25) is 9.36 Å². The maximum Gasteiger partial charge on any atom is 0.281 e. The lowest BCUT2D eigenvalue weighted by molar-refractivity contribution is -0.882. The highest BCUT2D eigenvalue weighted by Gasteiger charge is 2.34. The van der Waals surface area contributed by atoms with E-state index in [1.54, 1.807) is 43.9 Å². The van der Waals surface area contributed by atoms with Gasteiger partial charge in [-0.05, 0) is 38.5 Å². The molecule has 0 unspecified atom stereocenters. The number of hydrogen-bond donors (Lipinski definition) is 0. The van der Waals surface area contributed by atoms with E-state index in [9.17, 15) is 18.4 Å². The van der Waals surface area contributed by atoms with Crippen molar-refractivity contribution in [1.82, 2.24) is 33.6 Å². The van der Waals surface area contributed by atoms with E-state index in [2.05, 4.69) is 15.1 Å². The van der Waals surface area contributed by atoms with Crippen LogP contribution in [-0.4, -0.2) is 86.0 Å². The molecule has 4 aromatic heterocycles. The first kappa shape index (κ1) is 27.8. The minimum atomic E-state index is -3.97. The van der Waals surface area contributed by atoms with Crippen LogP contribution >= 0.6 is 0 Å². The lowest BCUT2D eigenvalue weighted by Crippen LogP contribution is -2.57. The van der Waals surface area contributed by atoms with Crippen LogP contribution in [0, 0.1) is 5.21 Å². The molecular formula is C26H32N8O5S. The van der Waals surface area contributed by atoms with Gasteiger partial charge in [0.2, 0.25) is 15.9 Å². The Morgan fingerprint density at radius 1 is 1.10 bits per heavy atom. The Balaban J connectivity index is 1.66. The van der Waals surface area contributed by atoms with Crippen molar-refractivity contribution in [1.29, 1.82) is 0 Å². The first-order valence-electron chi connectivity index (χ1n) is 13.2. The first-order valence-corrected chi connectivity index (χ1v) is 14.7. The number of aromatic nitrogens is 6. The van der Waals surface area contributed by atoms with Gasteiger partial charge in [-0.2, -0.15) is 9.40 Å². The maximum absolute atomic E-state index is 13.6. The predicted octanol–water partition coefficient (Wildman–Crippen LogP) is 1.88. The number of aryl methyl sites for hydroxylation is 1. The second-order valence-electron chi connectivity index (χ2n) is 9.58. The zero-order chi connectivity index (χ0) is 28.7. The summed E-state index contributed by atoms with van der Waals surface area (Å²) in [5, 5.41) is 17.1. The molecule has 0 spiro atoms. The Labute approximate surface area is 231 Å². The molecule has 1 saturated heterocycles. The molecule has 0 atom stereocenters. The second-order valence-corrected chi connectivity index (χ2v) is 11.5. The molecule has 0 radical (unpaired) electrons. The van der Waals surface area contributed by atoms with Crippen LogP contribution < -0.4 is 10.3 Å². The Hall–Kier alpha value is -3.72. The molecule has 0 bridgehead atoms. The molecule has 0 aromatic carbocycles. The minimum absolute atomic E-state index is 0.0670. The number of rotatable bonds is 8. The van der Waals surface area contributed by atoms with Crippen molar-refractivity contribution < 1.29 is 17.8 Å². The quantitative estimate of drug-likeness (QED) is 0.229. The van der Waals surface area contributed by atoms with Crippen molar-refractivity contribution in [2.24, 2.45) is 7.05 Å². The van der Waals surface area contributed by atoms with Crippen LogP contribution in [0.4, 0.5) is 0 Å². The second kappa shape index (κ2) is 10.7. The molecular weight excluding hydrogens is 536 g/mol. The van der Waals surface area contributed by atoms with Crippen molar-refractivity contribution >= 4 is 21.1 Å². The minimum Gasteiger partial charge on any atom is -0.633 e.